The predicted molar refractivity (Wildman–Crippen MR) is 146 cm³/mol. The van der Waals surface area contributed by atoms with E-state index < -0.39 is 23.2 Å². The van der Waals surface area contributed by atoms with Crippen LogP contribution >= 0.6 is 0 Å². The molecule has 0 bridgehead atoms. The molecule has 1 atom stereocenters. The summed E-state index contributed by atoms with van der Waals surface area (Å²) in [5.74, 6) is -0.524. The number of anilines is 3. The van der Waals surface area contributed by atoms with E-state index in [0.29, 0.717) is 35.0 Å². The van der Waals surface area contributed by atoms with Gasteiger partial charge in [0, 0.05) is 41.6 Å². The van der Waals surface area contributed by atoms with Gasteiger partial charge in [0.1, 0.15) is 0 Å². The molecule has 4 rings (SSSR count). The van der Waals surface area contributed by atoms with E-state index in [0.717, 1.165) is 17.2 Å². The van der Waals surface area contributed by atoms with Crippen molar-refractivity contribution >= 4 is 23.2 Å². The van der Waals surface area contributed by atoms with Gasteiger partial charge in [-0.1, -0.05) is 12.1 Å². The summed E-state index contributed by atoms with van der Waals surface area (Å²) in [6, 6.07) is 14.4. The second-order valence-corrected chi connectivity index (χ2v) is 9.51. The molecule has 0 spiro atoms. The summed E-state index contributed by atoms with van der Waals surface area (Å²) in [4.78, 5) is 27.8. The average Bonchev–Trinajstić information content (AvgIpc) is 2.90. The van der Waals surface area contributed by atoms with Crippen LogP contribution in [0.3, 0.4) is 0 Å². The van der Waals surface area contributed by atoms with Gasteiger partial charge in [0.05, 0.1) is 16.8 Å². The number of hydrogen-bond acceptors (Lipinski definition) is 6. The fraction of sp³-hybridized carbons (Fsp3) is 0.241. The number of carbonyl (C=O) groups excluding carboxylic acids is 1. The molecule has 39 heavy (non-hydrogen) atoms. The van der Waals surface area contributed by atoms with Crippen LogP contribution in [0, 0.1) is 6.92 Å². The monoisotopic (exact) mass is 534 g/mol. The molecule has 2 heterocycles. The molecule has 0 aliphatic rings. The van der Waals surface area contributed by atoms with E-state index >= 15 is 0 Å². The number of pyridine rings is 1. The van der Waals surface area contributed by atoms with Crippen molar-refractivity contribution in [1.29, 1.82) is 0 Å². The number of halogens is 3. The van der Waals surface area contributed by atoms with Gasteiger partial charge in [0.2, 0.25) is 5.95 Å². The molecular formula is C29H29F3N6O. The standard InChI is InChI=1S/C29H29F3N6O/c1-18-7-9-22(16-26(18)37-28-34-13-11-25(36-28)21-6-5-12-33-17-21)35-27(39)23-10-8-20(14-19(2)38(3)4)15-24(23)29(30,31)32/h5-13,15-17,19H,14H2,1-4H3,(H,35,39)(H,34,36,37). The van der Waals surface area contributed by atoms with E-state index in [-0.39, 0.29) is 6.04 Å². The van der Waals surface area contributed by atoms with E-state index in [1.54, 1.807) is 48.9 Å². The summed E-state index contributed by atoms with van der Waals surface area (Å²) in [5, 5.41) is 5.73. The van der Waals surface area contributed by atoms with Gasteiger partial charge < -0.3 is 15.5 Å². The lowest BCUT2D eigenvalue weighted by Crippen LogP contribution is -2.27. The van der Waals surface area contributed by atoms with E-state index in [1.165, 1.54) is 6.07 Å². The van der Waals surface area contributed by atoms with Gasteiger partial charge in [0.15, 0.2) is 0 Å². The number of alkyl halides is 3. The number of likely N-dealkylation sites (N-methyl/N-ethyl adjacent to an activating group) is 1. The molecule has 2 aromatic heterocycles. The smallest absolute Gasteiger partial charge is 0.324 e. The summed E-state index contributed by atoms with van der Waals surface area (Å²) in [7, 11) is 3.73. The molecule has 0 fully saturated rings. The lowest BCUT2D eigenvalue weighted by Gasteiger charge is -2.21. The highest BCUT2D eigenvalue weighted by atomic mass is 19.4. The summed E-state index contributed by atoms with van der Waals surface area (Å²) in [5.41, 5.74) is 2.36. The van der Waals surface area contributed by atoms with E-state index in [1.807, 2.05) is 45.0 Å². The first kappa shape index (κ1) is 27.7. The molecule has 0 saturated heterocycles. The van der Waals surface area contributed by atoms with Crippen molar-refractivity contribution in [1.82, 2.24) is 19.9 Å². The van der Waals surface area contributed by atoms with E-state index in [9.17, 15) is 18.0 Å². The minimum Gasteiger partial charge on any atom is -0.324 e. The lowest BCUT2D eigenvalue weighted by atomic mass is 9.98. The van der Waals surface area contributed by atoms with Crippen molar-refractivity contribution in [3.05, 3.63) is 95.4 Å². The fourth-order valence-corrected chi connectivity index (χ4v) is 3.92. The summed E-state index contributed by atoms with van der Waals surface area (Å²) in [6.07, 6.45) is 0.721. The average molecular weight is 535 g/mol. The van der Waals surface area contributed by atoms with Gasteiger partial charge in [-0.3, -0.25) is 9.78 Å². The van der Waals surface area contributed by atoms with Crippen LogP contribution in [0.25, 0.3) is 11.3 Å². The third-order valence-electron chi connectivity index (χ3n) is 6.40. The number of benzene rings is 2. The van der Waals surface area contributed by atoms with Crippen molar-refractivity contribution < 1.29 is 18.0 Å². The number of rotatable bonds is 8. The quantitative estimate of drug-likeness (QED) is 0.274. The van der Waals surface area contributed by atoms with Crippen LogP contribution in [-0.2, 0) is 12.6 Å². The molecule has 1 amide bonds. The molecule has 7 nitrogen and oxygen atoms in total. The molecule has 4 aromatic rings. The first-order valence-electron chi connectivity index (χ1n) is 12.3. The third kappa shape index (κ3) is 6.97. The molecule has 0 aliphatic carbocycles. The van der Waals surface area contributed by atoms with Gasteiger partial charge in [-0.05, 0) is 88.0 Å². The van der Waals surface area contributed by atoms with Crippen molar-refractivity contribution in [3.8, 4) is 11.3 Å². The van der Waals surface area contributed by atoms with E-state index in [2.05, 4.69) is 25.6 Å². The van der Waals surface area contributed by atoms with Crippen molar-refractivity contribution in [2.24, 2.45) is 0 Å². The van der Waals surface area contributed by atoms with Crippen LogP contribution in [0.1, 0.15) is 34.0 Å². The van der Waals surface area contributed by atoms with Crippen LogP contribution in [0.15, 0.2) is 73.2 Å². The maximum Gasteiger partial charge on any atom is 0.417 e. The van der Waals surface area contributed by atoms with Gasteiger partial charge in [-0.15, -0.1) is 0 Å². The Morgan fingerprint density at radius 3 is 2.54 bits per heavy atom. The zero-order valence-electron chi connectivity index (χ0n) is 22.0. The normalized spacial score (nSPS) is 12.3. The first-order valence-corrected chi connectivity index (χ1v) is 12.3. The van der Waals surface area contributed by atoms with Crippen LogP contribution in [0.5, 0.6) is 0 Å². The Hall–Kier alpha value is -4.31. The number of aromatic nitrogens is 3. The predicted octanol–water partition coefficient (Wildman–Crippen LogP) is 6.35. The molecule has 1 unspecified atom stereocenters. The number of nitrogens with one attached hydrogen (secondary N) is 2. The molecule has 2 aromatic carbocycles. The van der Waals surface area contributed by atoms with Crippen molar-refractivity contribution in [2.75, 3.05) is 24.7 Å². The lowest BCUT2D eigenvalue weighted by molar-refractivity contribution is -0.137. The van der Waals surface area contributed by atoms with Crippen molar-refractivity contribution in [3.63, 3.8) is 0 Å². The molecular weight excluding hydrogens is 505 g/mol. The molecule has 10 heteroatoms. The summed E-state index contributed by atoms with van der Waals surface area (Å²) >= 11 is 0. The minimum atomic E-state index is -4.68. The fourth-order valence-electron chi connectivity index (χ4n) is 3.92. The highest BCUT2D eigenvalue weighted by Gasteiger charge is 2.35. The number of hydrogen-bond donors (Lipinski definition) is 2. The Labute approximate surface area is 225 Å². The molecule has 202 valence electrons. The molecule has 0 aliphatic heterocycles. The van der Waals surface area contributed by atoms with Crippen LogP contribution in [0.2, 0.25) is 0 Å². The summed E-state index contributed by atoms with van der Waals surface area (Å²) in [6.45, 7) is 3.78. The highest BCUT2D eigenvalue weighted by Crippen LogP contribution is 2.34. The van der Waals surface area contributed by atoms with Gasteiger partial charge in [0.25, 0.3) is 5.91 Å². The summed E-state index contributed by atoms with van der Waals surface area (Å²) < 4.78 is 41.8. The van der Waals surface area contributed by atoms with Crippen molar-refractivity contribution in [2.45, 2.75) is 32.5 Å². The number of amides is 1. The third-order valence-corrected chi connectivity index (χ3v) is 6.40. The Balaban J connectivity index is 1.56. The Morgan fingerprint density at radius 2 is 1.85 bits per heavy atom. The van der Waals surface area contributed by atoms with Crippen LogP contribution < -0.4 is 10.6 Å². The zero-order chi connectivity index (χ0) is 28.2. The molecule has 0 radical (unpaired) electrons. The van der Waals surface area contributed by atoms with Gasteiger partial charge in [-0.2, -0.15) is 13.2 Å². The largest absolute Gasteiger partial charge is 0.417 e. The Bertz CT molecular complexity index is 1460. The maximum atomic E-state index is 13.9. The Kier molecular flexibility index (Phi) is 8.25. The first-order chi connectivity index (χ1) is 18.5. The van der Waals surface area contributed by atoms with Gasteiger partial charge >= 0.3 is 6.18 Å². The second-order valence-electron chi connectivity index (χ2n) is 9.51. The number of carbonyl (C=O) groups is 1. The molecule has 2 N–H and O–H groups in total. The van der Waals surface area contributed by atoms with Crippen LogP contribution in [0.4, 0.5) is 30.5 Å². The van der Waals surface area contributed by atoms with E-state index in [4.69, 9.17) is 0 Å². The molecule has 0 saturated carbocycles. The van der Waals surface area contributed by atoms with Gasteiger partial charge in [-0.25, -0.2) is 9.97 Å². The number of aryl methyl sites for hydroxylation is 1. The minimum absolute atomic E-state index is 0.0401. The zero-order valence-corrected chi connectivity index (χ0v) is 22.0. The van der Waals surface area contributed by atoms with Crippen LogP contribution in [-0.4, -0.2) is 45.9 Å². The maximum absolute atomic E-state index is 13.9. The SMILES string of the molecule is Cc1ccc(NC(=O)c2ccc(CC(C)N(C)C)cc2C(F)(F)F)cc1Nc1nccc(-c2cccnc2)n1. The topological polar surface area (TPSA) is 83.0 Å². The number of nitrogens with zero attached hydrogens (tertiary/aromatic N) is 4. The Morgan fingerprint density at radius 1 is 1.05 bits per heavy atom. The second kappa shape index (κ2) is 11.6. The highest BCUT2D eigenvalue weighted by molar-refractivity contribution is 6.05.